The van der Waals surface area contributed by atoms with Gasteiger partial charge in [-0.2, -0.15) is 5.10 Å². The molecule has 0 aliphatic heterocycles. The van der Waals surface area contributed by atoms with Crippen LogP contribution < -0.4 is 5.32 Å². The summed E-state index contributed by atoms with van der Waals surface area (Å²) < 4.78 is 0. The molecule has 0 fully saturated rings. The van der Waals surface area contributed by atoms with Gasteiger partial charge in [0.05, 0.1) is 12.2 Å². The van der Waals surface area contributed by atoms with E-state index in [1.165, 1.54) is 0 Å². The van der Waals surface area contributed by atoms with Crippen molar-refractivity contribution in [3.63, 3.8) is 0 Å². The number of aromatic amines is 1. The van der Waals surface area contributed by atoms with Crippen molar-refractivity contribution in [3.8, 4) is 23.1 Å². The van der Waals surface area contributed by atoms with Gasteiger partial charge in [-0.1, -0.05) is 30.0 Å². The lowest BCUT2D eigenvalue weighted by Gasteiger charge is -2.00. The van der Waals surface area contributed by atoms with Gasteiger partial charge in [-0.3, -0.25) is 5.10 Å². The van der Waals surface area contributed by atoms with Gasteiger partial charge in [0.2, 0.25) is 0 Å². The molecule has 1 aromatic carbocycles. The first-order valence-electron chi connectivity index (χ1n) is 5.14. The van der Waals surface area contributed by atoms with E-state index in [9.17, 15) is 0 Å². The molecule has 0 aliphatic rings. The van der Waals surface area contributed by atoms with Crippen molar-refractivity contribution in [2.75, 3.05) is 13.6 Å². The quantitative estimate of drug-likeness (QED) is 0.741. The average Bonchev–Trinajstić information content (AvgIpc) is 2.83. The molecule has 2 N–H and O–H groups in total. The van der Waals surface area contributed by atoms with Gasteiger partial charge in [-0.05, 0) is 19.2 Å². The first-order chi connectivity index (χ1) is 7.92. The highest BCUT2D eigenvalue weighted by Crippen LogP contribution is 2.19. The summed E-state index contributed by atoms with van der Waals surface area (Å²) in [6.45, 7) is 0.692. The number of rotatable bonds is 2. The van der Waals surface area contributed by atoms with Gasteiger partial charge in [0.15, 0.2) is 0 Å². The monoisotopic (exact) mass is 211 g/mol. The summed E-state index contributed by atoms with van der Waals surface area (Å²) in [7, 11) is 1.88. The minimum Gasteiger partial charge on any atom is -0.309 e. The van der Waals surface area contributed by atoms with Crippen LogP contribution in [0.2, 0.25) is 0 Å². The Balaban J connectivity index is 2.36. The molecule has 1 heterocycles. The van der Waals surface area contributed by atoms with Crippen LogP contribution in [-0.2, 0) is 0 Å². The first-order valence-corrected chi connectivity index (χ1v) is 5.14. The molecule has 1 aromatic heterocycles. The van der Waals surface area contributed by atoms with E-state index in [1.807, 2.05) is 37.4 Å². The van der Waals surface area contributed by atoms with Crippen LogP contribution in [-0.4, -0.2) is 23.8 Å². The Morgan fingerprint density at radius 2 is 2.19 bits per heavy atom. The number of hydrogen-bond acceptors (Lipinski definition) is 2. The molecule has 2 rings (SSSR count). The van der Waals surface area contributed by atoms with Crippen LogP contribution in [0.15, 0.2) is 36.5 Å². The predicted molar refractivity (Wildman–Crippen MR) is 64.8 cm³/mol. The van der Waals surface area contributed by atoms with E-state index in [-0.39, 0.29) is 0 Å². The standard InChI is InChI=1S/C13H13N3/c1-14-9-4-6-11-5-2-3-7-12(11)13-8-10-15-16-13/h2-3,5,7-8,10,14H,9H2,1H3,(H,15,16). The molecule has 0 unspecified atom stereocenters. The largest absolute Gasteiger partial charge is 0.309 e. The summed E-state index contributed by atoms with van der Waals surface area (Å²) >= 11 is 0. The molecule has 16 heavy (non-hydrogen) atoms. The third-order valence-corrected chi connectivity index (χ3v) is 2.21. The number of aromatic nitrogens is 2. The summed E-state index contributed by atoms with van der Waals surface area (Å²) in [4.78, 5) is 0. The number of benzene rings is 1. The van der Waals surface area contributed by atoms with E-state index >= 15 is 0 Å². The number of nitrogens with one attached hydrogen (secondary N) is 2. The minimum atomic E-state index is 0.692. The third-order valence-electron chi connectivity index (χ3n) is 2.21. The fraction of sp³-hybridized carbons (Fsp3) is 0.154. The topological polar surface area (TPSA) is 40.7 Å². The molecule has 0 radical (unpaired) electrons. The second kappa shape index (κ2) is 5.15. The predicted octanol–water partition coefficient (Wildman–Crippen LogP) is 1.65. The van der Waals surface area contributed by atoms with Gasteiger partial charge >= 0.3 is 0 Å². The summed E-state index contributed by atoms with van der Waals surface area (Å²) in [5.41, 5.74) is 3.10. The highest BCUT2D eigenvalue weighted by molar-refractivity contribution is 5.67. The van der Waals surface area contributed by atoms with Gasteiger partial charge in [-0.15, -0.1) is 0 Å². The Labute approximate surface area is 94.9 Å². The molecule has 0 aliphatic carbocycles. The Morgan fingerprint density at radius 3 is 2.94 bits per heavy atom. The van der Waals surface area contributed by atoms with Gasteiger partial charge < -0.3 is 5.32 Å². The lowest BCUT2D eigenvalue weighted by Crippen LogP contribution is -2.04. The van der Waals surface area contributed by atoms with Crippen molar-refractivity contribution in [1.29, 1.82) is 0 Å². The normalized spacial score (nSPS) is 9.56. The molecule has 80 valence electrons. The fourth-order valence-electron chi connectivity index (χ4n) is 1.46. The Kier molecular flexibility index (Phi) is 3.37. The molecule has 0 bridgehead atoms. The smallest absolute Gasteiger partial charge is 0.0662 e. The maximum Gasteiger partial charge on any atom is 0.0662 e. The summed E-state index contributed by atoms with van der Waals surface area (Å²) in [6, 6.07) is 9.98. The van der Waals surface area contributed by atoms with Crippen molar-refractivity contribution in [3.05, 3.63) is 42.1 Å². The molecule has 0 amide bonds. The van der Waals surface area contributed by atoms with Gasteiger partial charge in [0.25, 0.3) is 0 Å². The van der Waals surface area contributed by atoms with Crippen LogP contribution in [0, 0.1) is 11.8 Å². The minimum absolute atomic E-state index is 0.692. The second-order valence-electron chi connectivity index (χ2n) is 3.35. The zero-order valence-corrected chi connectivity index (χ0v) is 9.12. The van der Waals surface area contributed by atoms with E-state index in [4.69, 9.17) is 0 Å². The van der Waals surface area contributed by atoms with E-state index in [2.05, 4.69) is 27.4 Å². The Hall–Kier alpha value is -2.05. The summed E-state index contributed by atoms with van der Waals surface area (Å²) in [6.07, 6.45) is 1.74. The third kappa shape index (κ3) is 2.30. The van der Waals surface area contributed by atoms with Crippen molar-refractivity contribution < 1.29 is 0 Å². The van der Waals surface area contributed by atoms with Crippen LogP contribution in [0.5, 0.6) is 0 Å². The van der Waals surface area contributed by atoms with Gasteiger partial charge in [-0.25, -0.2) is 0 Å². The fourth-order valence-corrected chi connectivity index (χ4v) is 1.46. The molecule has 0 saturated heterocycles. The van der Waals surface area contributed by atoms with Crippen molar-refractivity contribution in [1.82, 2.24) is 15.5 Å². The maximum absolute atomic E-state index is 3.95. The Bertz CT molecular complexity index is 503. The van der Waals surface area contributed by atoms with Crippen LogP contribution in [0.3, 0.4) is 0 Å². The van der Waals surface area contributed by atoms with E-state index in [1.54, 1.807) is 6.20 Å². The lowest BCUT2D eigenvalue weighted by atomic mass is 10.1. The molecular formula is C13H13N3. The molecular weight excluding hydrogens is 198 g/mol. The van der Waals surface area contributed by atoms with Crippen LogP contribution in [0.25, 0.3) is 11.3 Å². The molecule has 0 saturated carbocycles. The molecule has 0 spiro atoms. The molecule has 3 nitrogen and oxygen atoms in total. The lowest BCUT2D eigenvalue weighted by molar-refractivity contribution is 0.938. The number of H-pyrrole nitrogens is 1. The highest BCUT2D eigenvalue weighted by Gasteiger charge is 2.02. The van der Waals surface area contributed by atoms with Crippen molar-refractivity contribution in [2.24, 2.45) is 0 Å². The second-order valence-corrected chi connectivity index (χ2v) is 3.35. The molecule has 0 atom stereocenters. The zero-order chi connectivity index (χ0) is 11.2. The average molecular weight is 211 g/mol. The van der Waals surface area contributed by atoms with Crippen molar-refractivity contribution >= 4 is 0 Å². The van der Waals surface area contributed by atoms with E-state index in [0.717, 1.165) is 16.8 Å². The van der Waals surface area contributed by atoms with Crippen LogP contribution in [0.4, 0.5) is 0 Å². The van der Waals surface area contributed by atoms with Crippen LogP contribution >= 0.6 is 0 Å². The first kappa shape index (κ1) is 10.5. The summed E-state index contributed by atoms with van der Waals surface area (Å²) in [5, 5.41) is 9.90. The van der Waals surface area contributed by atoms with Gasteiger partial charge in [0.1, 0.15) is 0 Å². The molecule has 3 heteroatoms. The zero-order valence-electron chi connectivity index (χ0n) is 9.12. The van der Waals surface area contributed by atoms with Crippen molar-refractivity contribution in [2.45, 2.75) is 0 Å². The summed E-state index contributed by atoms with van der Waals surface area (Å²) in [5.74, 6) is 6.20. The number of nitrogens with zero attached hydrogens (tertiary/aromatic N) is 1. The SMILES string of the molecule is CNCC#Cc1ccccc1-c1ccn[nH]1. The molecule has 2 aromatic rings. The van der Waals surface area contributed by atoms with E-state index in [0.29, 0.717) is 6.54 Å². The Morgan fingerprint density at radius 1 is 1.31 bits per heavy atom. The van der Waals surface area contributed by atoms with Crippen LogP contribution in [0.1, 0.15) is 5.56 Å². The van der Waals surface area contributed by atoms with Gasteiger partial charge in [0, 0.05) is 17.3 Å². The highest BCUT2D eigenvalue weighted by atomic mass is 15.1. The maximum atomic E-state index is 3.95. The number of hydrogen-bond donors (Lipinski definition) is 2. The van der Waals surface area contributed by atoms with E-state index < -0.39 is 0 Å².